The van der Waals surface area contributed by atoms with Gasteiger partial charge in [-0.1, -0.05) is 0 Å². The first-order chi connectivity index (χ1) is 6.73. The minimum absolute atomic E-state index is 0.0778. The standard InChI is InChI=1S/C7H5O2.2C2H5.Pb/c8-7(9)6-4-2-1-3-5-6;2*1-2;/h1-4H,(H,8,9);2*1H2,2H3;/q;;;+1/p-1. The van der Waals surface area contributed by atoms with Crippen molar-refractivity contribution in [1.82, 2.24) is 0 Å². The number of hydrogen-bond acceptors (Lipinski definition) is 2. The Morgan fingerprint density at radius 1 is 1.21 bits per heavy atom. The van der Waals surface area contributed by atoms with Crippen molar-refractivity contribution in [2.75, 3.05) is 0 Å². The molecule has 0 radical (unpaired) electrons. The molecule has 0 N–H and O–H groups in total. The van der Waals surface area contributed by atoms with Crippen molar-refractivity contribution in [3.63, 3.8) is 0 Å². The Balaban J connectivity index is 2.58. The van der Waals surface area contributed by atoms with E-state index in [9.17, 15) is 4.79 Å². The zero-order valence-electron chi connectivity index (χ0n) is 8.54. The Morgan fingerprint density at radius 3 is 2.50 bits per heavy atom. The van der Waals surface area contributed by atoms with Crippen LogP contribution in [0.3, 0.4) is 0 Å². The van der Waals surface area contributed by atoms with Gasteiger partial charge in [0.05, 0.1) is 0 Å². The molecular formula is C11H14O2Pb. The molecule has 2 nitrogen and oxygen atoms in total. The maximum absolute atomic E-state index is 11.6. The molecule has 0 fully saturated rings. The summed E-state index contributed by atoms with van der Waals surface area (Å²) in [7, 11) is 0. The summed E-state index contributed by atoms with van der Waals surface area (Å²) in [6.45, 7) is 4.31. The maximum atomic E-state index is 11.6. The van der Waals surface area contributed by atoms with Crippen LogP contribution < -0.4 is 3.12 Å². The van der Waals surface area contributed by atoms with Crippen LogP contribution >= 0.6 is 0 Å². The van der Waals surface area contributed by atoms with Crippen LogP contribution in [0.2, 0.25) is 7.96 Å². The minimum atomic E-state index is -2.84. The molecule has 0 aromatic heterocycles. The molecule has 14 heavy (non-hydrogen) atoms. The third-order valence-electron chi connectivity index (χ3n) is 3.07. The van der Waals surface area contributed by atoms with Crippen LogP contribution in [0.1, 0.15) is 24.2 Å². The number of hydrogen-bond donors (Lipinski definition) is 0. The van der Waals surface area contributed by atoms with Crippen LogP contribution in [0.4, 0.5) is 0 Å². The molecule has 0 atom stereocenters. The third kappa shape index (κ3) is 1.31. The molecule has 1 aromatic rings. The van der Waals surface area contributed by atoms with Gasteiger partial charge in [0.15, 0.2) is 0 Å². The molecule has 1 heterocycles. The van der Waals surface area contributed by atoms with Gasteiger partial charge in [-0.2, -0.15) is 0 Å². The molecule has 0 spiro atoms. The van der Waals surface area contributed by atoms with Gasteiger partial charge in [-0.05, 0) is 0 Å². The Bertz CT molecular complexity index is 369. The van der Waals surface area contributed by atoms with Gasteiger partial charge in [0.2, 0.25) is 0 Å². The zero-order chi connectivity index (χ0) is 10.2. The van der Waals surface area contributed by atoms with Crippen molar-refractivity contribution >= 4 is 30.7 Å². The van der Waals surface area contributed by atoms with E-state index in [1.54, 1.807) is 0 Å². The SMILES string of the molecule is C[CH2][Pb]1([CH2]C)[O]C(=O)c2cccc[c]21. The summed E-state index contributed by atoms with van der Waals surface area (Å²) < 4.78 is 9.10. The van der Waals surface area contributed by atoms with E-state index in [2.05, 4.69) is 19.9 Å². The first-order valence-electron chi connectivity index (χ1n) is 5.06. The second-order valence-electron chi connectivity index (χ2n) is 3.64. The van der Waals surface area contributed by atoms with E-state index in [-0.39, 0.29) is 5.97 Å². The van der Waals surface area contributed by atoms with Crippen molar-refractivity contribution in [3.05, 3.63) is 29.8 Å². The summed E-state index contributed by atoms with van der Waals surface area (Å²) in [6.07, 6.45) is 0. The van der Waals surface area contributed by atoms with Crippen LogP contribution in [0.5, 0.6) is 0 Å². The zero-order valence-corrected chi connectivity index (χ0v) is 12.4. The van der Waals surface area contributed by atoms with Crippen molar-refractivity contribution in [2.24, 2.45) is 0 Å². The normalized spacial score (nSPS) is 17.7. The van der Waals surface area contributed by atoms with E-state index in [4.69, 9.17) is 2.69 Å². The Morgan fingerprint density at radius 2 is 1.86 bits per heavy atom. The molecule has 0 bridgehead atoms. The number of carbonyl (C=O) groups excluding carboxylic acids is 1. The van der Waals surface area contributed by atoms with E-state index in [1.807, 2.05) is 18.2 Å². The van der Waals surface area contributed by atoms with Gasteiger partial charge in [-0.3, -0.25) is 0 Å². The van der Waals surface area contributed by atoms with Crippen LogP contribution in [-0.2, 0) is 2.69 Å². The summed E-state index contributed by atoms with van der Waals surface area (Å²) >= 11 is -2.84. The van der Waals surface area contributed by atoms with E-state index < -0.39 is 21.6 Å². The Hall–Kier alpha value is -0.388. The van der Waals surface area contributed by atoms with E-state index >= 15 is 0 Å². The van der Waals surface area contributed by atoms with Crippen molar-refractivity contribution < 1.29 is 7.48 Å². The summed E-state index contributed by atoms with van der Waals surface area (Å²) in [5.41, 5.74) is 0.831. The van der Waals surface area contributed by atoms with Gasteiger partial charge >= 0.3 is 89.8 Å². The topological polar surface area (TPSA) is 26.3 Å². The number of benzene rings is 1. The third-order valence-corrected chi connectivity index (χ3v) is 19.7. The monoisotopic (exact) mass is 386 g/mol. The molecular weight excluding hydrogens is 371 g/mol. The van der Waals surface area contributed by atoms with Gasteiger partial charge in [0.25, 0.3) is 0 Å². The second-order valence-corrected chi connectivity index (χ2v) is 19.8. The summed E-state index contributed by atoms with van der Waals surface area (Å²) in [5.74, 6) is -0.0778. The molecule has 3 heteroatoms. The first-order valence-corrected chi connectivity index (χ1v) is 14.1. The fourth-order valence-electron chi connectivity index (χ4n) is 2.12. The van der Waals surface area contributed by atoms with E-state index in [0.29, 0.717) is 0 Å². The molecule has 0 saturated carbocycles. The van der Waals surface area contributed by atoms with Gasteiger partial charge in [-0.25, -0.2) is 0 Å². The molecule has 0 aliphatic carbocycles. The van der Waals surface area contributed by atoms with Crippen LogP contribution in [0, 0.1) is 0 Å². The molecule has 1 aliphatic heterocycles. The van der Waals surface area contributed by atoms with Gasteiger partial charge in [-0.15, -0.1) is 0 Å². The Kier molecular flexibility index (Phi) is 2.64. The molecule has 2 rings (SSSR count). The second kappa shape index (κ2) is 3.64. The van der Waals surface area contributed by atoms with Crippen LogP contribution in [0.15, 0.2) is 24.3 Å². The van der Waals surface area contributed by atoms with Gasteiger partial charge in [0, 0.05) is 0 Å². The molecule has 0 amide bonds. The van der Waals surface area contributed by atoms with Crippen molar-refractivity contribution in [3.8, 4) is 0 Å². The predicted octanol–water partition coefficient (Wildman–Crippen LogP) is 2.05. The first kappa shape index (κ1) is 10.1. The number of fused-ring (bicyclic) bond motifs is 1. The van der Waals surface area contributed by atoms with Crippen molar-refractivity contribution in [1.29, 1.82) is 0 Å². The van der Waals surface area contributed by atoms with Crippen molar-refractivity contribution in [2.45, 2.75) is 21.8 Å². The summed E-state index contributed by atoms with van der Waals surface area (Å²) in [5, 5.41) is 0. The number of rotatable bonds is 2. The average molecular weight is 385 g/mol. The van der Waals surface area contributed by atoms with Crippen LogP contribution in [0.25, 0.3) is 0 Å². The predicted molar refractivity (Wildman–Crippen MR) is 58.2 cm³/mol. The summed E-state index contributed by atoms with van der Waals surface area (Å²) in [6, 6.07) is 7.91. The van der Waals surface area contributed by atoms with Gasteiger partial charge in [0.1, 0.15) is 0 Å². The fourth-order valence-corrected chi connectivity index (χ4v) is 14.6. The summed E-state index contributed by atoms with van der Waals surface area (Å²) in [4.78, 5) is 11.6. The fraction of sp³-hybridized carbons (Fsp3) is 0.364. The molecule has 74 valence electrons. The van der Waals surface area contributed by atoms with E-state index in [0.717, 1.165) is 13.5 Å². The number of carbonyl (C=O) groups is 1. The molecule has 0 unspecified atom stereocenters. The average Bonchev–Trinajstić information content (AvgIpc) is 2.53. The molecule has 1 aromatic carbocycles. The van der Waals surface area contributed by atoms with Crippen LogP contribution in [-0.4, -0.2) is 27.6 Å². The quantitative estimate of drug-likeness (QED) is 0.729. The van der Waals surface area contributed by atoms with E-state index in [1.165, 1.54) is 3.12 Å². The Labute approximate surface area is 89.6 Å². The molecule has 1 aliphatic rings. The van der Waals surface area contributed by atoms with Gasteiger partial charge < -0.3 is 0 Å². The molecule has 0 saturated heterocycles.